The highest BCUT2D eigenvalue weighted by Gasteiger charge is 2.11. The van der Waals surface area contributed by atoms with Crippen molar-refractivity contribution in [2.75, 3.05) is 13.2 Å². The molecule has 0 aliphatic rings. The summed E-state index contributed by atoms with van der Waals surface area (Å²) >= 11 is 6.07. The van der Waals surface area contributed by atoms with E-state index in [0.717, 1.165) is 48.0 Å². The minimum Gasteiger partial charge on any atom is -0.396 e. The van der Waals surface area contributed by atoms with E-state index in [1.807, 2.05) is 35.0 Å². The minimum absolute atomic E-state index is 0.184. The summed E-state index contributed by atoms with van der Waals surface area (Å²) in [6.07, 6.45) is 8.03. The maximum absolute atomic E-state index is 9.15. The van der Waals surface area contributed by atoms with Gasteiger partial charge in [-0.25, -0.2) is 4.98 Å². The number of fused-ring (bicyclic) bond motifs is 1. The summed E-state index contributed by atoms with van der Waals surface area (Å²) in [5.74, 6) is 0. The molecule has 6 heteroatoms. The van der Waals surface area contributed by atoms with Gasteiger partial charge in [0.15, 0.2) is 5.65 Å². The van der Waals surface area contributed by atoms with Crippen molar-refractivity contribution < 1.29 is 5.11 Å². The molecule has 0 saturated carbocycles. The number of nitrogens with zero attached hydrogens (tertiary/aromatic N) is 4. The zero-order valence-electron chi connectivity index (χ0n) is 12.8. The third-order valence-corrected chi connectivity index (χ3v) is 3.94. The molecule has 0 amide bonds. The molecule has 0 saturated heterocycles. The Morgan fingerprint density at radius 3 is 2.96 bits per heavy atom. The van der Waals surface area contributed by atoms with Gasteiger partial charge in [0.05, 0.1) is 18.1 Å². The van der Waals surface area contributed by atoms with E-state index >= 15 is 0 Å². The molecule has 120 valence electrons. The smallest absolute Gasteiger partial charge is 0.155 e. The Hall–Kier alpha value is -1.95. The van der Waals surface area contributed by atoms with Gasteiger partial charge in [-0.1, -0.05) is 23.7 Å². The van der Waals surface area contributed by atoms with Crippen molar-refractivity contribution in [3.8, 4) is 0 Å². The molecular weight excluding hydrogens is 312 g/mol. The van der Waals surface area contributed by atoms with Crippen LogP contribution in [0.3, 0.4) is 0 Å². The van der Waals surface area contributed by atoms with Crippen LogP contribution in [0.5, 0.6) is 0 Å². The van der Waals surface area contributed by atoms with Gasteiger partial charge in [-0.05, 0) is 24.1 Å². The van der Waals surface area contributed by atoms with Crippen molar-refractivity contribution in [3.05, 3.63) is 65.3 Å². The molecule has 0 aliphatic heterocycles. The second-order valence-corrected chi connectivity index (χ2v) is 5.91. The van der Waals surface area contributed by atoms with Crippen molar-refractivity contribution in [2.45, 2.75) is 19.5 Å². The number of aliphatic hydroxyl groups is 1. The SMILES string of the molecule is OCCCN(Cc1cccc(Cl)c1)Cc1cnc2cnccn12. The van der Waals surface area contributed by atoms with E-state index in [1.165, 1.54) is 0 Å². The highest BCUT2D eigenvalue weighted by Crippen LogP contribution is 2.15. The highest BCUT2D eigenvalue weighted by atomic mass is 35.5. The third kappa shape index (κ3) is 4.07. The molecule has 0 radical (unpaired) electrons. The number of hydrogen-bond donors (Lipinski definition) is 1. The van der Waals surface area contributed by atoms with Gasteiger partial charge in [0.1, 0.15) is 0 Å². The van der Waals surface area contributed by atoms with E-state index in [4.69, 9.17) is 16.7 Å². The van der Waals surface area contributed by atoms with Crippen molar-refractivity contribution in [1.82, 2.24) is 19.3 Å². The average molecular weight is 331 g/mol. The van der Waals surface area contributed by atoms with E-state index in [-0.39, 0.29) is 6.61 Å². The molecule has 5 nitrogen and oxygen atoms in total. The van der Waals surface area contributed by atoms with Crippen LogP contribution < -0.4 is 0 Å². The largest absolute Gasteiger partial charge is 0.396 e. The lowest BCUT2D eigenvalue weighted by Crippen LogP contribution is -2.25. The van der Waals surface area contributed by atoms with Gasteiger partial charge in [0.2, 0.25) is 0 Å². The molecule has 1 N–H and O–H groups in total. The predicted octanol–water partition coefficient (Wildman–Crippen LogP) is 2.77. The summed E-state index contributed by atoms with van der Waals surface area (Å²) in [7, 11) is 0. The van der Waals surface area contributed by atoms with E-state index in [0.29, 0.717) is 0 Å². The van der Waals surface area contributed by atoms with E-state index in [2.05, 4.69) is 20.9 Å². The predicted molar refractivity (Wildman–Crippen MR) is 90.3 cm³/mol. The summed E-state index contributed by atoms with van der Waals surface area (Å²) in [6, 6.07) is 7.88. The fourth-order valence-electron chi connectivity index (χ4n) is 2.64. The first-order valence-electron chi connectivity index (χ1n) is 7.60. The lowest BCUT2D eigenvalue weighted by molar-refractivity contribution is 0.210. The van der Waals surface area contributed by atoms with Gasteiger partial charge in [0, 0.05) is 43.7 Å². The fourth-order valence-corrected chi connectivity index (χ4v) is 2.86. The minimum atomic E-state index is 0.184. The van der Waals surface area contributed by atoms with Crippen LogP contribution in [-0.2, 0) is 13.1 Å². The Morgan fingerprint density at radius 1 is 1.22 bits per heavy atom. The summed E-state index contributed by atoms with van der Waals surface area (Å²) in [5.41, 5.74) is 3.10. The highest BCUT2D eigenvalue weighted by molar-refractivity contribution is 6.30. The molecule has 2 aromatic heterocycles. The normalized spacial score (nSPS) is 11.4. The first-order chi connectivity index (χ1) is 11.3. The lowest BCUT2D eigenvalue weighted by atomic mass is 10.2. The molecule has 0 unspecified atom stereocenters. The zero-order chi connectivity index (χ0) is 16.1. The average Bonchev–Trinajstić information content (AvgIpc) is 2.96. The first kappa shape index (κ1) is 15.9. The Balaban J connectivity index is 1.78. The first-order valence-corrected chi connectivity index (χ1v) is 7.97. The maximum atomic E-state index is 9.15. The van der Waals surface area contributed by atoms with Crippen molar-refractivity contribution in [3.63, 3.8) is 0 Å². The van der Waals surface area contributed by atoms with Gasteiger partial charge in [0.25, 0.3) is 0 Å². The Labute approximate surface area is 140 Å². The summed E-state index contributed by atoms with van der Waals surface area (Å²) in [4.78, 5) is 10.7. The van der Waals surface area contributed by atoms with Gasteiger partial charge >= 0.3 is 0 Å². The van der Waals surface area contributed by atoms with Gasteiger partial charge in [-0.2, -0.15) is 0 Å². The van der Waals surface area contributed by atoms with Gasteiger partial charge in [-0.15, -0.1) is 0 Å². The number of benzene rings is 1. The van der Waals surface area contributed by atoms with Crippen molar-refractivity contribution in [2.24, 2.45) is 0 Å². The van der Waals surface area contributed by atoms with Gasteiger partial charge < -0.3 is 5.11 Å². The molecule has 2 heterocycles. The summed E-state index contributed by atoms with van der Waals surface area (Å²) < 4.78 is 2.04. The van der Waals surface area contributed by atoms with Crippen LogP contribution in [0.15, 0.2) is 49.1 Å². The number of aromatic nitrogens is 3. The summed E-state index contributed by atoms with van der Waals surface area (Å²) in [5, 5.41) is 9.89. The van der Waals surface area contributed by atoms with Crippen LogP contribution in [0.1, 0.15) is 17.7 Å². The summed E-state index contributed by atoms with van der Waals surface area (Å²) in [6.45, 7) is 2.51. The van der Waals surface area contributed by atoms with E-state index < -0.39 is 0 Å². The molecular formula is C17H19ClN4O. The molecule has 0 spiro atoms. The number of imidazole rings is 1. The number of halogens is 1. The lowest BCUT2D eigenvalue weighted by Gasteiger charge is -2.22. The molecule has 23 heavy (non-hydrogen) atoms. The monoisotopic (exact) mass is 330 g/mol. The molecule has 1 aromatic carbocycles. The Kier molecular flexibility index (Phi) is 5.23. The van der Waals surface area contributed by atoms with Crippen LogP contribution in [-0.4, -0.2) is 37.5 Å². The van der Waals surface area contributed by atoms with Crippen molar-refractivity contribution >= 4 is 17.2 Å². The molecule has 3 rings (SSSR count). The molecule has 3 aromatic rings. The molecule has 0 fully saturated rings. The zero-order valence-corrected chi connectivity index (χ0v) is 13.5. The Bertz CT molecular complexity index is 774. The number of hydrogen-bond acceptors (Lipinski definition) is 4. The van der Waals surface area contributed by atoms with Gasteiger partial charge in [-0.3, -0.25) is 14.3 Å². The second-order valence-electron chi connectivity index (χ2n) is 5.47. The van der Waals surface area contributed by atoms with E-state index in [1.54, 1.807) is 12.4 Å². The van der Waals surface area contributed by atoms with Crippen LogP contribution in [0.4, 0.5) is 0 Å². The standard InChI is InChI=1S/C17H19ClN4O/c18-15-4-1-3-14(9-15)12-21(6-2-8-23)13-16-10-20-17-11-19-5-7-22(16)17/h1,3-5,7,9-11,23H,2,6,8,12-13H2. The molecule has 0 atom stereocenters. The van der Waals surface area contributed by atoms with Crippen LogP contribution in [0.25, 0.3) is 5.65 Å². The topological polar surface area (TPSA) is 53.7 Å². The number of rotatable bonds is 7. The van der Waals surface area contributed by atoms with E-state index in [9.17, 15) is 0 Å². The molecule has 0 aliphatic carbocycles. The number of aliphatic hydroxyl groups excluding tert-OH is 1. The fraction of sp³-hybridized carbons (Fsp3) is 0.294. The van der Waals surface area contributed by atoms with Crippen LogP contribution in [0.2, 0.25) is 5.02 Å². The third-order valence-electron chi connectivity index (χ3n) is 3.71. The Morgan fingerprint density at radius 2 is 2.13 bits per heavy atom. The molecule has 0 bridgehead atoms. The van der Waals surface area contributed by atoms with Crippen molar-refractivity contribution in [1.29, 1.82) is 0 Å². The maximum Gasteiger partial charge on any atom is 0.155 e. The van der Waals surface area contributed by atoms with Crippen LogP contribution in [0, 0.1) is 0 Å². The second kappa shape index (κ2) is 7.55. The quantitative estimate of drug-likeness (QED) is 0.723. The van der Waals surface area contributed by atoms with Crippen LogP contribution >= 0.6 is 11.6 Å².